The Labute approximate surface area is 123 Å². The summed E-state index contributed by atoms with van der Waals surface area (Å²) in [6, 6.07) is 7.29. The average molecular weight is 285 g/mol. The van der Waals surface area contributed by atoms with Gasteiger partial charge in [0.15, 0.2) is 0 Å². The van der Waals surface area contributed by atoms with Gasteiger partial charge in [-0.15, -0.1) is 0 Å². The van der Waals surface area contributed by atoms with Crippen molar-refractivity contribution in [2.75, 3.05) is 14.1 Å². The van der Waals surface area contributed by atoms with Gasteiger partial charge in [0.2, 0.25) is 0 Å². The number of fused-ring (bicyclic) bond motifs is 1. The molecule has 0 aromatic heterocycles. The van der Waals surface area contributed by atoms with Gasteiger partial charge in [-0.2, -0.15) is 0 Å². The lowest BCUT2D eigenvalue weighted by Crippen LogP contribution is -2.61. The molecule has 0 N–H and O–H groups in total. The second-order valence-electron chi connectivity index (χ2n) is 5.40. The molecule has 3 amide bonds. The SMILES string of the molecule is Cc1ccc(C[N+]2=CN=C3C2C(=O)N(C)C(=O)N3C)cc1. The van der Waals surface area contributed by atoms with Crippen LogP contribution in [0.1, 0.15) is 11.1 Å². The highest BCUT2D eigenvalue weighted by molar-refractivity contribution is 6.21. The molecule has 0 spiro atoms. The fraction of sp³-hybridized carbons (Fsp3) is 0.333. The number of hydrogen-bond donors (Lipinski definition) is 0. The van der Waals surface area contributed by atoms with Gasteiger partial charge in [0.25, 0.3) is 24.1 Å². The van der Waals surface area contributed by atoms with Gasteiger partial charge in [0.1, 0.15) is 6.54 Å². The molecule has 0 radical (unpaired) electrons. The van der Waals surface area contributed by atoms with Gasteiger partial charge < -0.3 is 0 Å². The number of aryl methyl sites for hydroxylation is 1. The highest BCUT2D eigenvalue weighted by atomic mass is 16.2. The van der Waals surface area contributed by atoms with Crippen molar-refractivity contribution in [3.8, 4) is 0 Å². The zero-order valence-electron chi connectivity index (χ0n) is 12.3. The Hall–Kier alpha value is -2.50. The van der Waals surface area contributed by atoms with E-state index in [1.165, 1.54) is 17.5 Å². The number of carbonyl (C=O) groups excluding carboxylic acids is 2. The Kier molecular flexibility index (Phi) is 3.08. The molecular formula is C15H17N4O2+. The molecule has 2 aliphatic rings. The molecule has 6 nitrogen and oxygen atoms in total. The van der Waals surface area contributed by atoms with E-state index in [0.717, 1.165) is 10.5 Å². The maximum atomic E-state index is 12.4. The number of nitrogens with zero attached hydrogens (tertiary/aromatic N) is 4. The molecule has 6 heteroatoms. The smallest absolute Gasteiger partial charge is 0.269 e. The van der Waals surface area contributed by atoms with Crippen molar-refractivity contribution in [3.05, 3.63) is 35.4 Å². The summed E-state index contributed by atoms with van der Waals surface area (Å²) in [5, 5.41) is 0. The summed E-state index contributed by atoms with van der Waals surface area (Å²) in [5.74, 6) is 0.257. The Bertz CT molecular complexity index is 675. The molecule has 108 valence electrons. The first-order valence-corrected chi connectivity index (χ1v) is 6.76. The number of aliphatic imine (C=N–C) groups is 1. The molecule has 1 saturated heterocycles. The Morgan fingerprint density at radius 1 is 1.14 bits per heavy atom. The van der Waals surface area contributed by atoms with E-state index >= 15 is 0 Å². The van der Waals surface area contributed by atoms with Gasteiger partial charge in [-0.05, 0) is 17.5 Å². The minimum Gasteiger partial charge on any atom is -0.269 e. The average Bonchev–Trinajstić information content (AvgIpc) is 2.89. The lowest BCUT2D eigenvalue weighted by atomic mass is 10.1. The van der Waals surface area contributed by atoms with Crippen molar-refractivity contribution >= 4 is 24.1 Å². The number of amides is 3. The van der Waals surface area contributed by atoms with E-state index in [-0.39, 0.29) is 11.9 Å². The van der Waals surface area contributed by atoms with E-state index in [1.54, 1.807) is 13.4 Å². The highest BCUT2D eigenvalue weighted by Gasteiger charge is 2.50. The summed E-state index contributed by atoms with van der Waals surface area (Å²) in [7, 11) is 3.14. The number of benzene rings is 1. The van der Waals surface area contributed by atoms with E-state index in [2.05, 4.69) is 4.99 Å². The van der Waals surface area contributed by atoms with E-state index in [9.17, 15) is 9.59 Å². The van der Waals surface area contributed by atoms with Crippen molar-refractivity contribution in [3.63, 3.8) is 0 Å². The third-order valence-corrected chi connectivity index (χ3v) is 3.88. The zero-order valence-corrected chi connectivity index (χ0v) is 12.3. The molecule has 2 aliphatic heterocycles. The van der Waals surface area contributed by atoms with Crippen molar-refractivity contribution in [1.29, 1.82) is 0 Å². The van der Waals surface area contributed by atoms with Crippen LogP contribution in [-0.2, 0) is 11.3 Å². The maximum Gasteiger partial charge on any atom is 0.333 e. The number of rotatable bonds is 2. The second-order valence-corrected chi connectivity index (χ2v) is 5.40. The molecule has 21 heavy (non-hydrogen) atoms. The summed E-state index contributed by atoms with van der Waals surface area (Å²) in [6.07, 6.45) is 1.64. The predicted octanol–water partition coefficient (Wildman–Crippen LogP) is 0.840. The van der Waals surface area contributed by atoms with E-state index < -0.39 is 6.04 Å². The third-order valence-electron chi connectivity index (χ3n) is 3.88. The number of urea groups is 1. The van der Waals surface area contributed by atoms with E-state index in [1.807, 2.05) is 35.8 Å². The van der Waals surface area contributed by atoms with Crippen LogP contribution in [0.15, 0.2) is 29.3 Å². The van der Waals surface area contributed by atoms with Gasteiger partial charge in [-0.25, -0.2) is 9.37 Å². The molecule has 3 rings (SSSR count). The van der Waals surface area contributed by atoms with Gasteiger partial charge in [0, 0.05) is 14.1 Å². The Morgan fingerprint density at radius 2 is 1.81 bits per heavy atom. The number of carbonyl (C=O) groups is 2. The fourth-order valence-corrected chi connectivity index (χ4v) is 2.58. The zero-order chi connectivity index (χ0) is 15.1. The lowest BCUT2D eigenvalue weighted by molar-refractivity contribution is -0.546. The van der Waals surface area contributed by atoms with Crippen molar-refractivity contribution < 1.29 is 14.2 Å². The fourth-order valence-electron chi connectivity index (χ4n) is 2.58. The largest absolute Gasteiger partial charge is 0.333 e. The first kappa shape index (κ1) is 13.5. The van der Waals surface area contributed by atoms with Crippen LogP contribution in [0.4, 0.5) is 4.79 Å². The molecule has 0 aliphatic carbocycles. The number of amidine groups is 1. The van der Waals surface area contributed by atoms with Crippen LogP contribution < -0.4 is 0 Å². The first-order chi connectivity index (χ1) is 9.99. The monoisotopic (exact) mass is 285 g/mol. The minimum absolute atomic E-state index is 0.238. The number of hydrogen-bond acceptors (Lipinski definition) is 3. The number of imide groups is 1. The van der Waals surface area contributed by atoms with Gasteiger partial charge in [0.05, 0.1) is 0 Å². The summed E-state index contributed by atoms with van der Waals surface area (Å²) in [6.45, 7) is 2.62. The van der Waals surface area contributed by atoms with Crippen LogP contribution >= 0.6 is 0 Å². The van der Waals surface area contributed by atoms with Crippen molar-refractivity contribution in [2.24, 2.45) is 4.99 Å². The molecule has 1 aromatic carbocycles. The van der Waals surface area contributed by atoms with Crippen LogP contribution in [0.25, 0.3) is 0 Å². The molecule has 1 fully saturated rings. The highest BCUT2D eigenvalue weighted by Crippen LogP contribution is 2.18. The number of likely N-dealkylation sites (N-methyl/N-ethyl adjacent to an activating group) is 2. The lowest BCUT2D eigenvalue weighted by Gasteiger charge is -2.30. The summed E-state index contributed by atoms with van der Waals surface area (Å²) >= 11 is 0. The Balaban J connectivity index is 1.85. The van der Waals surface area contributed by atoms with Crippen LogP contribution in [-0.4, -0.2) is 58.6 Å². The molecule has 1 atom stereocenters. The van der Waals surface area contributed by atoms with Gasteiger partial charge in [-0.3, -0.25) is 14.6 Å². The second kappa shape index (κ2) is 4.80. The third kappa shape index (κ3) is 2.12. The summed E-state index contributed by atoms with van der Waals surface area (Å²) < 4.78 is 1.86. The van der Waals surface area contributed by atoms with Gasteiger partial charge in [-0.1, -0.05) is 29.8 Å². The topological polar surface area (TPSA) is 56.0 Å². The van der Waals surface area contributed by atoms with Crippen LogP contribution in [0.3, 0.4) is 0 Å². The predicted molar refractivity (Wildman–Crippen MR) is 78.4 cm³/mol. The van der Waals surface area contributed by atoms with Crippen molar-refractivity contribution in [2.45, 2.75) is 19.5 Å². The molecule has 2 heterocycles. The summed E-state index contributed by atoms with van der Waals surface area (Å²) in [5.41, 5.74) is 2.29. The molecule has 0 bridgehead atoms. The van der Waals surface area contributed by atoms with Crippen LogP contribution in [0.5, 0.6) is 0 Å². The van der Waals surface area contributed by atoms with E-state index in [4.69, 9.17) is 0 Å². The summed E-state index contributed by atoms with van der Waals surface area (Å²) in [4.78, 5) is 31.1. The maximum absolute atomic E-state index is 12.4. The van der Waals surface area contributed by atoms with Crippen molar-refractivity contribution in [1.82, 2.24) is 9.80 Å². The normalized spacial score (nSPS) is 21.4. The molecular weight excluding hydrogens is 268 g/mol. The van der Waals surface area contributed by atoms with Gasteiger partial charge >= 0.3 is 6.03 Å². The quantitative estimate of drug-likeness (QED) is 0.756. The van der Waals surface area contributed by atoms with Crippen LogP contribution in [0, 0.1) is 6.92 Å². The standard InChI is InChI=1S/C15H17N4O2/c1-10-4-6-11(7-5-10)8-19-9-16-13-12(19)14(20)18(3)15(21)17(13)2/h4-7,9,12H,8H2,1-3H3/q+1. The first-order valence-electron chi connectivity index (χ1n) is 6.76. The van der Waals surface area contributed by atoms with E-state index in [0.29, 0.717) is 12.4 Å². The Morgan fingerprint density at radius 3 is 2.48 bits per heavy atom. The minimum atomic E-state index is -0.515. The molecule has 1 unspecified atom stereocenters. The molecule has 1 aromatic rings. The van der Waals surface area contributed by atoms with Crippen LogP contribution in [0.2, 0.25) is 0 Å². The molecule has 0 saturated carbocycles.